The van der Waals surface area contributed by atoms with Crippen molar-refractivity contribution in [3.05, 3.63) is 77.7 Å². The van der Waals surface area contributed by atoms with Gasteiger partial charge in [-0.05, 0) is 30.3 Å². The molecule has 0 aliphatic carbocycles. The lowest BCUT2D eigenvalue weighted by Gasteiger charge is -2.15. The van der Waals surface area contributed by atoms with E-state index < -0.39 is 23.7 Å². The fourth-order valence-electron chi connectivity index (χ4n) is 2.53. The minimum atomic E-state index is -0.940. The van der Waals surface area contributed by atoms with Crippen molar-refractivity contribution in [2.24, 2.45) is 5.73 Å². The molecule has 2 aromatic carbocycles. The Morgan fingerprint density at radius 3 is 2.64 bits per heavy atom. The van der Waals surface area contributed by atoms with Crippen LogP contribution in [0.1, 0.15) is 16.1 Å². The average molecular weight is 337 g/mol. The third-order valence-corrected chi connectivity index (χ3v) is 3.80. The summed E-state index contributed by atoms with van der Waals surface area (Å²) in [6.45, 7) is 0. The Hall–Kier alpha value is -3.28. The number of fused-ring (bicyclic) bond motifs is 1. The fourth-order valence-corrected chi connectivity index (χ4v) is 2.53. The van der Waals surface area contributed by atoms with Crippen LogP contribution in [0.5, 0.6) is 0 Å². The van der Waals surface area contributed by atoms with E-state index in [4.69, 9.17) is 5.73 Å². The molecule has 1 aromatic heterocycles. The molecule has 126 valence electrons. The molecule has 1 heterocycles. The van der Waals surface area contributed by atoms with Crippen LogP contribution in [-0.4, -0.2) is 22.8 Å². The van der Waals surface area contributed by atoms with Crippen molar-refractivity contribution in [3.8, 4) is 0 Å². The minimum absolute atomic E-state index is 0.123. The predicted molar refractivity (Wildman–Crippen MR) is 92.3 cm³/mol. The van der Waals surface area contributed by atoms with E-state index in [-0.39, 0.29) is 12.0 Å². The summed E-state index contributed by atoms with van der Waals surface area (Å²) in [5.41, 5.74) is 6.94. The summed E-state index contributed by atoms with van der Waals surface area (Å²) in [5, 5.41) is 3.51. The average Bonchev–Trinajstić information content (AvgIpc) is 2.61. The highest BCUT2D eigenvalue weighted by Crippen LogP contribution is 2.13. The van der Waals surface area contributed by atoms with Gasteiger partial charge in [-0.2, -0.15) is 0 Å². The van der Waals surface area contributed by atoms with Crippen LogP contribution < -0.4 is 11.1 Å². The van der Waals surface area contributed by atoms with Crippen LogP contribution in [0.2, 0.25) is 0 Å². The number of amides is 2. The zero-order valence-electron chi connectivity index (χ0n) is 13.3. The van der Waals surface area contributed by atoms with E-state index in [1.807, 2.05) is 30.3 Å². The Kier molecular flexibility index (Phi) is 4.70. The van der Waals surface area contributed by atoms with Crippen molar-refractivity contribution in [1.29, 1.82) is 0 Å². The molecule has 0 unspecified atom stereocenters. The second-order valence-corrected chi connectivity index (χ2v) is 5.64. The van der Waals surface area contributed by atoms with Gasteiger partial charge < -0.3 is 11.1 Å². The molecule has 3 aromatic rings. The molecule has 3 rings (SSSR count). The molecular formula is C19H16FN3O2. The van der Waals surface area contributed by atoms with Gasteiger partial charge in [-0.25, -0.2) is 4.39 Å². The highest BCUT2D eigenvalue weighted by molar-refractivity contribution is 5.97. The van der Waals surface area contributed by atoms with Crippen LogP contribution >= 0.6 is 0 Å². The van der Waals surface area contributed by atoms with Crippen molar-refractivity contribution in [3.63, 3.8) is 0 Å². The molecule has 2 amide bonds. The van der Waals surface area contributed by atoms with Gasteiger partial charge >= 0.3 is 0 Å². The maximum absolute atomic E-state index is 13.2. The zero-order chi connectivity index (χ0) is 17.8. The molecule has 1 atom stereocenters. The van der Waals surface area contributed by atoms with E-state index in [0.29, 0.717) is 5.69 Å². The predicted octanol–water partition coefficient (Wildman–Crippen LogP) is 2.20. The van der Waals surface area contributed by atoms with Crippen molar-refractivity contribution in [1.82, 2.24) is 10.3 Å². The summed E-state index contributed by atoms with van der Waals surface area (Å²) in [6, 6.07) is 15.5. The Balaban J connectivity index is 1.78. The molecule has 6 heteroatoms. The van der Waals surface area contributed by atoms with E-state index in [1.54, 1.807) is 6.07 Å². The number of carbonyl (C=O) groups excluding carboxylic acids is 2. The lowest BCUT2D eigenvalue weighted by Crippen LogP contribution is -2.46. The molecule has 5 nitrogen and oxygen atoms in total. The fraction of sp³-hybridized carbons (Fsp3) is 0.105. The van der Waals surface area contributed by atoms with Crippen LogP contribution in [0.4, 0.5) is 4.39 Å². The van der Waals surface area contributed by atoms with Gasteiger partial charge in [-0.15, -0.1) is 0 Å². The summed E-state index contributed by atoms with van der Waals surface area (Å²) in [4.78, 5) is 28.4. The number of hydrogen-bond acceptors (Lipinski definition) is 3. The number of aromatic nitrogens is 1. The van der Waals surface area contributed by atoms with Gasteiger partial charge in [0.05, 0.1) is 5.52 Å². The van der Waals surface area contributed by atoms with Crippen LogP contribution in [-0.2, 0) is 11.2 Å². The van der Waals surface area contributed by atoms with Crippen molar-refractivity contribution < 1.29 is 14.0 Å². The molecule has 0 aliphatic heterocycles. The Morgan fingerprint density at radius 1 is 1.08 bits per heavy atom. The molecular weight excluding hydrogens is 321 g/mol. The van der Waals surface area contributed by atoms with Crippen molar-refractivity contribution >= 4 is 22.7 Å². The van der Waals surface area contributed by atoms with Crippen molar-refractivity contribution in [2.45, 2.75) is 12.5 Å². The van der Waals surface area contributed by atoms with Crippen LogP contribution in [0.25, 0.3) is 10.9 Å². The highest BCUT2D eigenvalue weighted by atomic mass is 19.1. The number of carbonyl (C=O) groups is 2. The Bertz CT molecular complexity index is 943. The molecule has 0 fully saturated rings. The number of nitrogens with zero attached hydrogens (tertiary/aromatic N) is 1. The lowest BCUT2D eigenvalue weighted by molar-refractivity contribution is -0.119. The number of pyridine rings is 1. The molecule has 0 aliphatic rings. The number of nitrogens with two attached hydrogens (primary N) is 1. The smallest absolute Gasteiger partial charge is 0.252 e. The summed E-state index contributed by atoms with van der Waals surface area (Å²) in [7, 11) is 0. The van der Waals surface area contributed by atoms with E-state index in [9.17, 15) is 14.0 Å². The van der Waals surface area contributed by atoms with Gasteiger partial charge in [0.1, 0.15) is 11.9 Å². The first-order chi connectivity index (χ1) is 12.0. The van der Waals surface area contributed by atoms with Crippen LogP contribution in [0.15, 0.2) is 60.7 Å². The number of para-hydroxylation sites is 1. The first-order valence-corrected chi connectivity index (χ1v) is 7.73. The first-order valence-electron chi connectivity index (χ1n) is 7.73. The van der Waals surface area contributed by atoms with Gasteiger partial charge in [0.15, 0.2) is 0 Å². The summed E-state index contributed by atoms with van der Waals surface area (Å²) < 4.78 is 13.2. The topological polar surface area (TPSA) is 85.1 Å². The number of nitrogens with one attached hydrogen (secondary N) is 1. The summed E-state index contributed by atoms with van der Waals surface area (Å²) in [5.74, 6) is -1.77. The van der Waals surface area contributed by atoms with Gasteiger partial charge in [0.2, 0.25) is 5.91 Å². The third-order valence-electron chi connectivity index (χ3n) is 3.80. The monoisotopic (exact) mass is 337 g/mol. The highest BCUT2D eigenvalue weighted by Gasteiger charge is 2.20. The number of halogens is 1. The van der Waals surface area contributed by atoms with Crippen LogP contribution in [0.3, 0.4) is 0 Å². The molecule has 0 saturated heterocycles. The van der Waals surface area contributed by atoms with E-state index in [2.05, 4.69) is 10.3 Å². The second kappa shape index (κ2) is 7.09. The lowest BCUT2D eigenvalue weighted by atomic mass is 10.1. The van der Waals surface area contributed by atoms with Crippen molar-refractivity contribution in [2.75, 3.05) is 0 Å². The number of hydrogen-bond donors (Lipinski definition) is 2. The summed E-state index contributed by atoms with van der Waals surface area (Å²) in [6.07, 6.45) is 0.154. The molecule has 0 spiro atoms. The van der Waals surface area contributed by atoms with Gasteiger partial charge in [-0.1, -0.05) is 30.3 Å². The molecule has 0 saturated carbocycles. The third kappa shape index (κ3) is 3.98. The maximum atomic E-state index is 13.2. The number of benzene rings is 2. The minimum Gasteiger partial charge on any atom is -0.368 e. The SMILES string of the molecule is NC(=O)[C@@H](Cc1ccc2ccccc2n1)NC(=O)c1cccc(F)c1. The van der Waals surface area contributed by atoms with Gasteiger partial charge in [0, 0.05) is 23.1 Å². The van der Waals surface area contributed by atoms with Crippen LogP contribution in [0, 0.1) is 5.82 Å². The van der Waals surface area contributed by atoms with Gasteiger partial charge in [-0.3, -0.25) is 14.6 Å². The molecule has 25 heavy (non-hydrogen) atoms. The van der Waals surface area contributed by atoms with E-state index in [0.717, 1.165) is 17.0 Å². The Morgan fingerprint density at radius 2 is 1.88 bits per heavy atom. The zero-order valence-corrected chi connectivity index (χ0v) is 13.3. The summed E-state index contributed by atoms with van der Waals surface area (Å²) >= 11 is 0. The quantitative estimate of drug-likeness (QED) is 0.748. The first kappa shape index (κ1) is 16.6. The molecule has 3 N–H and O–H groups in total. The van der Waals surface area contributed by atoms with E-state index in [1.165, 1.54) is 18.2 Å². The number of rotatable bonds is 5. The maximum Gasteiger partial charge on any atom is 0.252 e. The standard InChI is InChI=1S/C19H16FN3O2/c20-14-6-3-5-13(10-14)19(25)23-17(18(21)24)11-15-9-8-12-4-1-2-7-16(12)22-15/h1-10,17H,11H2,(H2,21,24)(H,23,25)/t17-/m1/s1. The number of primary amides is 1. The largest absolute Gasteiger partial charge is 0.368 e. The molecule has 0 radical (unpaired) electrons. The normalized spacial score (nSPS) is 11.9. The Labute approximate surface area is 143 Å². The second-order valence-electron chi connectivity index (χ2n) is 5.64. The van der Waals surface area contributed by atoms with Gasteiger partial charge in [0.25, 0.3) is 5.91 Å². The van der Waals surface area contributed by atoms with E-state index >= 15 is 0 Å². The molecule has 0 bridgehead atoms.